The second-order valence-corrected chi connectivity index (χ2v) is 4.27. The second kappa shape index (κ2) is 2.48. The van der Waals surface area contributed by atoms with E-state index in [2.05, 4.69) is 17.2 Å². The number of aromatic nitrogens is 1. The van der Waals surface area contributed by atoms with Crippen molar-refractivity contribution in [2.45, 2.75) is 31.7 Å². The molecule has 1 saturated carbocycles. The fourth-order valence-corrected chi connectivity index (χ4v) is 2.05. The number of hydrogen-bond donors (Lipinski definition) is 1. The van der Waals surface area contributed by atoms with E-state index in [0.29, 0.717) is 5.54 Å². The van der Waals surface area contributed by atoms with Gasteiger partial charge < -0.3 is 5.32 Å². The largest absolute Gasteiger partial charge is 0.356 e. The van der Waals surface area contributed by atoms with Crippen LogP contribution in [-0.4, -0.2) is 10.5 Å². The van der Waals surface area contributed by atoms with Gasteiger partial charge in [-0.15, -0.1) is 11.3 Å². The van der Waals surface area contributed by atoms with Gasteiger partial charge >= 0.3 is 0 Å². The minimum atomic E-state index is 0.345. The van der Waals surface area contributed by atoms with Crippen molar-refractivity contribution in [1.82, 2.24) is 4.98 Å². The van der Waals surface area contributed by atoms with Gasteiger partial charge in [-0.1, -0.05) is 0 Å². The quantitative estimate of drug-likeness (QED) is 0.734. The summed E-state index contributed by atoms with van der Waals surface area (Å²) in [4.78, 5) is 4.19. The average molecular weight is 168 g/mol. The van der Waals surface area contributed by atoms with Crippen molar-refractivity contribution in [2.75, 3.05) is 5.32 Å². The van der Waals surface area contributed by atoms with Crippen LogP contribution < -0.4 is 5.32 Å². The standard InChI is InChI=1S/C8H12N2S/c1-8(3-2-4-8)10-7-9-5-6-11-7/h5-6H,2-4H2,1H3,(H,9,10). The smallest absolute Gasteiger partial charge is 0.183 e. The number of hydrogen-bond acceptors (Lipinski definition) is 3. The lowest BCUT2D eigenvalue weighted by Crippen LogP contribution is -2.41. The molecule has 1 fully saturated rings. The van der Waals surface area contributed by atoms with Gasteiger partial charge in [0, 0.05) is 17.1 Å². The van der Waals surface area contributed by atoms with Crippen LogP contribution in [0.5, 0.6) is 0 Å². The predicted octanol–water partition coefficient (Wildman–Crippen LogP) is 2.50. The van der Waals surface area contributed by atoms with E-state index in [-0.39, 0.29) is 0 Å². The van der Waals surface area contributed by atoms with Crippen molar-refractivity contribution in [1.29, 1.82) is 0 Å². The number of rotatable bonds is 2. The van der Waals surface area contributed by atoms with Crippen molar-refractivity contribution >= 4 is 16.5 Å². The van der Waals surface area contributed by atoms with Crippen LogP contribution in [0.1, 0.15) is 26.2 Å². The van der Waals surface area contributed by atoms with E-state index in [1.807, 2.05) is 11.6 Å². The summed E-state index contributed by atoms with van der Waals surface area (Å²) >= 11 is 1.68. The summed E-state index contributed by atoms with van der Waals surface area (Å²) in [7, 11) is 0. The minimum Gasteiger partial charge on any atom is -0.356 e. The first-order chi connectivity index (χ1) is 5.29. The van der Waals surface area contributed by atoms with Gasteiger partial charge in [0.25, 0.3) is 0 Å². The van der Waals surface area contributed by atoms with Gasteiger partial charge in [0.05, 0.1) is 0 Å². The fraction of sp³-hybridized carbons (Fsp3) is 0.625. The monoisotopic (exact) mass is 168 g/mol. The van der Waals surface area contributed by atoms with Crippen molar-refractivity contribution < 1.29 is 0 Å². The number of thiazole rings is 1. The molecule has 60 valence electrons. The molecule has 0 aromatic carbocycles. The van der Waals surface area contributed by atoms with Gasteiger partial charge in [0.15, 0.2) is 5.13 Å². The Morgan fingerprint density at radius 3 is 2.91 bits per heavy atom. The lowest BCUT2D eigenvalue weighted by Gasteiger charge is -2.39. The van der Waals surface area contributed by atoms with E-state index in [1.165, 1.54) is 19.3 Å². The molecule has 1 aromatic heterocycles. The maximum atomic E-state index is 4.19. The third kappa shape index (κ3) is 1.38. The average Bonchev–Trinajstić information content (AvgIpc) is 2.36. The molecule has 1 aromatic rings. The van der Waals surface area contributed by atoms with Crippen molar-refractivity contribution in [3.63, 3.8) is 0 Å². The summed E-state index contributed by atoms with van der Waals surface area (Å²) in [5, 5.41) is 6.51. The molecule has 2 nitrogen and oxygen atoms in total. The summed E-state index contributed by atoms with van der Waals surface area (Å²) in [6, 6.07) is 0. The van der Waals surface area contributed by atoms with Gasteiger partial charge in [-0.25, -0.2) is 4.98 Å². The first-order valence-electron chi connectivity index (χ1n) is 3.96. The highest BCUT2D eigenvalue weighted by atomic mass is 32.1. The van der Waals surface area contributed by atoms with E-state index >= 15 is 0 Å². The summed E-state index contributed by atoms with van der Waals surface area (Å²) in [6.45, 7) is 2.26. The predicted molar refractivity (Wildman–Crippen MR) is 48.0 cm³/mol. The Bertz CT molecular complexity index is 226. The molecule has 0 bridgehead atoms. The number of nitrogens with one attached hydrogen (secondary N) is 1. The van der Waals surface area contributed by atoms with Crippen molar-refractivity contribution in [3.8, 4) is 0 Å². The molecule has 0 saturated heterocycles. The van der Waals surface area contributed by atoms with Gasteiger partial charge in [0.1, 0.15) is 0 Å². The highest BCUT2D eigenvalue weighted by molar-refractivity contribution is 7.13. The third-order valence-corrected chi connectivity index (χ3v) is 2.99. The molecule has 0 atom stereocenters. The molecule has 0 amide bonds. The van der Waals surface area contributed by atoms with Gasteiger partial charge in [-0.2, -0.15) is 0 Å². The molecule has 2 rings (SSSR count). The summed E-state index contributed by atoms with van der Waals surface area (Å²) in [5.74, 6) is 0. The van der Waals surface area contributed by atoms with Crippen LogP contribution in [-0.2, 0) is 0 Å². The lowest BCUT2D eigenvalue weighted by molar-refractivity contribution is 0.306. The van der Waals surface area contributed by atoms with E-state index in [0.717, 1.165) is 5.13 Å². The van der Waals surface area contributed by atoms with Crippen molar-refractivity contribution in [3.05, 3.63) is 11.6 Å². The minimum absolute atomic E-state index is 0.345. The zero-order valence-corrected chi connectivity index (χ0v) is 7.45. The van der Waals surface area contributed by atoms with Gasteiger partial charge in [0.2, 0.25) is 0 Å². The Balaban J connectivity index is 2.00. The number of nitrogens with zero attached hydrogens (tertiary/aromatic N) is 1. The van der Waals surface area contributed by atoms with Gasteiger partial charge in [-0.3, -0.25) is 0 Å². The maximum absolute atomic E-state index is 4.19. The molecule has 11 heavy (non-hydrogen) atoms. The molecule has 0 aliphatic heterocycles. The fourth-order valence-electron chi connectivity index (χ4n) is 1.38. The van der Waals surface area contributed by atoms with Crippen molar-refractivity contribution in [2.24, 2.45) is 0 Å². The van der Waals surface area contributed by atoms with Crippen LogP contribution >= 0.6 is 11.3 Å². The molecule has 0 unspecified atom stereocenters. The van der Waals surface area contributed by atoms with Crippen LogP contribution in [0, 0.1) is 0 Å². The lowest BCUT2D eigenvalue weighted by atomic mass is 9.79. The number of anilines is 1. The van der Waals surface area contributed by atoms with Crippen LogP contribution in [0.4, 0.5) is 5.13 Å². The SMILES string of the molecule is CC1(Nc2nccs2)CCC1. The summed E-state index contributed by atoms with van der Waals surface area (Å²) in [5.41, 5.74) is 0.345. The second-order valence-electron chi connectivity index (χ2n) is 3.38. The van der Waals surface area contributed by atoms with E-state index in [9.17, 15) is 0 Å². The Hall–Kier alpha value is -0.570. The third-order valence-electron chi connectivity index (χ3n) is 2.30. The van der Waals surface area contributed by atoms with Crippen LogP contribution in [0.25, 0.3) is 0 Å². The molecular weight excluding hydrogens is 156 g/mol. The van der Waals surface area contributed by atoms with Crippen LogP contribution in [0.15, 0.2) is 11.6 Å². The molecule has 0 radical (unpaired) electrons. The zero-order valence-electron chi connectivity index (χ0n) is 6.63. The first-order valence-corrected chi connectivity index (χ1v) is 4.84. The molecule has 0 spiro atoms. The molecular formula is C8H12N2S. The first kappa shape index (κ1) is 7.10. The Kier molecular flexibility index (Phi) is 1.60. The summed E-state index contributed by atoms with van der Waals surface area (Å²) < 4.78 is 0. The normalized spacial score (nSPS) is 20.8. The van der Waals surface area contributed by atoms with E-state index < -0.39 is 0 Å². The highest BCUT2D eigenvalue weighted by Gasteiger charge is 2.31. The molecule has 1 aliphatic carbocycles. The van der Waals surface area contributed by atoms with Gasteiger partial charge in [-0.05, 0) is 26.2 Å². The maximum Gasteiger partial charge on any atom is 0.183 e. The summed E-state index contributed by atoms with van der Waals surface area (Å²) in [6.07, 6.45) is 5.77. The van der Waals surface area contributed by atoms with Crippen LogP contribution in [0.3, 0.4) is 0 Å². The zero-order chi connectivity index (χ0) is 7.73. The topological polar surface area (TPSA) is 24.9 Å². The van der Waals surface area contributed by atoms with E-state index in [4.69, 9.17) is 0 Å². The molecule has 1 aliphatic rings. The van der Waals surface area contributed by atoms with Crippen LogP contribution in [0.2, 0.25) is 0 Å². The molecule has 1 heterocycles. The Morgan fingerprint density at radius 1 is 1.64 bits per heavy atom. The highest BCUT2D eigenvalue weighted by Crippen LogP contribution is 2.34. The molecule has 3 heteroatoms. The molecule has 1 N–H and O–H groups in total. The Morgan fingerprint density at radius 2 is 2.45 bits per heavy atom. The Labute approximate surface area is 70.7 Å². The van der Waals surface area contributed by atoms with E-state index in [1.54, 1.807) is 11.3 Å².